The van der Waals surface area contributed by atoms with E-state index in [1.165, 1.54) is 27.7 Å². The lowest BCUT2D eigenvalue weighted by Gasteiger charge is -2.43. The second kappa shape index (κ2) is 8.62. The first-order chi connectivity index (χ1) is 11.1. The van der Waals surface area contributed by atoms with Crippen molar-refractivity contribution < 1.29 is 42.9 Å². The maximum atomic E-state index is 11.4. The molecule has 9 nitrogen and oxygen atoms in total. The van der Waals surface area contributed by atoms with Gasteiger partial charge in [-0.1, -0.05) is 0 Å². The van der Waals surface area contributed by atoms with Gasteiger partial charge < -0.3 is 23.7 Å². The highest BCUT2D eigenvalue weighted by atomic mass is 16.7. The molecule has 1 fully saturated rings. The van der Waals surface area contributed by atoms with E-state index >= 15 is 0 Å². The Bertz CT molecular complexity index is 501. The molecule has 9 heteroatoms. The van der Waals surface area contributed by atoms with Crippen LogP contribution in [0.2, 0.25) is 0 Å². The number of esters is 4. The van der Waals surface area contributed by atoms with E-state index in [1.54, 1.807) is 6.92 Å². The highest BCUT2D eigenvalue weighted by molar-refractivity contribution is 5.68. The molecule has 1 rings (SSSR count). The van der Waals surface area contributed by atoms with Crippen molar-refractivity contribution in [2.75, 3.05) is 6.61 Å². The van der Waals surface area contributed by atoms with Gasteiger partial charge in [0.15, 0.2) is 18.3 Å². The fourth-order valence-electron chi connectivity index (χ4n) is 2.44. The van der Waals surface area contributed by atoms with Crippen LogP contribution in [0.4, 0.5) is 0 Å². The van der Waals surface area contributed by atoms with E-state index < -0.39 is 54.4 Å². The van der Waals surface area contributed by atoms with Crippen LogP contribution < -0.4 is 0 Å². The minimum absolute atomic E-state index is 0.206. The van der Waals surface area contributed by atoms with Crippen LogP contribution in [-0.2, 0) is 42.9 Å². The van der Waals surface area contributed by atoms with Gasteiger partial charge in [0.1, 0.15) is 12.7 Å². The van der Waals surface area contributed by atoms with Gasteiger partial charge >= 0.3 is 23.9 Å². The maximum absolute atomic E-state index is 11.4. The minimum Gasteiger partial charge on any atom is -0.463 e. The Labute approximate surface area is 139 Å². The fraction of sp³-hybridized carbons (Fsp3) is 0.733. The third-order valence-electron chi connectivity index (χ3n) is 3.22. The highest BCUT2D eigenvalue weighted by Crippen LogP contribution is 2.28. The molecule has 24 heavy (non-hydrogen) atoms. The largest absolute Gasteiger partial charge is 0.463 e. The van der Waals surface area contributed by atoms with Crippen molar-refractivity contribution >= 4 is 23.9 Å². The van der Waals surface area contributed by atoms with Gasteiger partial charge in [-0.15, -0.1) is 0 Å². The van der Waals surface area contributed by atoms with Crippen LogP contribution >= 0.6 is 0 Å². The van der Waals surface area contributed by atoms with Crippen molar-refractivity contribution in [3.63, 3.8) is 0 Å². The minimum atomic E-state index is -1.09. The Kier molecular flexibility index (Phi) is 7.15. The van der Waals surface area contributed by atoms with Gasteiger partial charge in [-0.25, -0.2) is 0 Å². The average molecular weight is 346 g/mol. The van der Waals surface area contributed by atoms with Crippen molar-refractivity contribution in [1.29, 1.82) is 0 Å². The molecule has 0 aliphatic carbocycles. The van der Waals surface area contributed by atoms with E-state index in [9.17, 15) is 19.2 Å². The molecule has 0 aromatic carbocycles. The standard InChI is InChI=1S/C15H22O9/c1-7-13(22-9(3)17)15(24-11(5)19)14(23-10(4)18)12(21-7)6-20-8(2)16/h7,12-15H,6H2,1-5H3/t7-,12?,13?,14+,15+/m0/s1. The molecule has 0 radical (unpaired) electrons. The monoisotopic (exact) mass is 346 g/mol. The van der Waals surface area contributed by atoms with E-state index in [0.29, 0.717) is 0 Å². The van der Waals surface area contributed by atoms with Gasteiger partial charge in [0.05, 0.1) is 6.10 Å². The van der Waals surface area contributed by atoms with Crippen LogP contribution in [0.15, 0.2) is 0 Å². The Hall–Kier alpha value is -2.16. The zero-order chi connectivity index (χ0) is 18.4. The molecule has 1 aliphatic rings. The number of rotatable bonds is 5. The van der Waals surface area contributed by atoms with Crippen LogP contribution in [0.25, 0.3) is 0 Å². The molecule has 1 saturated heterocycles. The molecule has 0 aromatic rings. The first-order valence-corrected chi connectivity index (χ1v) is 7.42. The number of carbonyl (C=O) groups excluding carboxylic acids is 4. The summed E-state index contributed by atoms with van der Waals surface area (Å²) in [6, 6.07) is 0. The number of carbonyl (C=O) groups is 4. The Morgan fingerprint density at radius 3 is 1.67 bits per heavy atom. The van der Waals surface area contributed by atoms with E-state index in [0.717, 1.165) is 0 Å². The summed E-state index contributed by atoms with van der Waals surface area (Å²) in [7, 11) is 0. The summed E-state index contributed by atoms with van der Waals surface area (Å²) in [5.41, 5.74) is 0. The van der Waals surface area contributed by atoms with Gasteiger partial charge in [0.25, 0.3) is 0 Å². The molecule has 1 aliphatic heterocycles. The lowest BCUT2D eigenvalue weighted by molar-refractivity contribution is -0.249. The second-order valence-electron chi connectivity index (χ2n) is 5.40. The lowest BCUT2D eigenvalue weighted by Crippen LogP contribution is -2.61. The van der Waals surface area contributed by atoms with Gasteiger partial charge in [-0.3, -0.25) is 19.2 Å². The zero-order valence-corrected chi connectivity index (χ0v) is 14.3. The molecule has 0 amide bonds. The topological polar surface area (TPSA) is 114 Å². The summed E-state index contributed by atoms with van der Waals surface area (Å²) in [5, 5.41) is 0. The second-order valence-corrected chi connectivity index (χ2v) is 5.40. The predicted molar refractivity (Wildman–Crippen MR) is 77.6 cm³/mol. The quantitative estimate of drug-likeness (QED) is 0.506. The summed E-state index contributed by atoms with van der Waals surface area (Å²) >= 11 is 0. The molecule has 0 spiro atoms. The van der Waals surface area contributed by atoms with Crippen LogP contribution in [-0.4, -0.2) is 61.0 Å². The van der Waals surface area contributed by atoms with E-state index in [4.69, 9.17) is 23.7 Å². The smallest absolute Gasteiger partial charge is 0.303 e. The highest BCUT2D eigenvalue weighted by Gasteiger charge is 2.50. The molecule has 136 valence electrons. The van der Waals surface area contributed by atoms with Crippen LogP contribution in [0, 0.1) is 0 Å². The molecule has 0 bridgehead atoms. The summed E-state index contributed by atoms with van der Waals surface area (Å²) in [5.74, 6) is -2.44. The summed E-state index contributed by atoms with van der Waals surface area (Å²) in [4.78, 5) is 45.2. The number of ether oxygens (including phenoxy) is 5. The summed E-state index contributed by atoms with van der Waals surface area (Å²) in [6.07, 6.45) is -4.69. The molecule has 5 atom stereocenters. The molecule has 0 saturated carbocycles. The van der Waals surface area contributed by atoms with Crippen LogP contribution in [0.3, 0.4) is 0 Å². The SMILES string of the molecule is CC(=O)OCC1O[C@@H](C)C(OC(C)=O)[C@@H](OC(C)=O)[C@@H]1OC(C)=O. The maximum Gasteiger partial charge on any atom is 0.303 e. The normalized spacial score (nSPS) is 29.3. The van der Waals surface area contributed by atoms with Crippen molar-refractivity contribution in [2.24, 2.45) is 0 Å². The first-order valence-electron chi connectivity index (χ1n) is 7.42. The number of hydrogen-bond donors (Lipinski definition) is 0. The van der Waals surface area contributed by atoms with Gasteiger partial charge in [0, 0.05) is 27.7 Å². The van der Waals surface area contributed by atoms with E-state index in [1.807, 2.05) is 0 Å². The zero-order valence-electron chi connectivity index (χ0n) is 14.3. The fourth-order valence-corrected chi connectivity index (χ4v) is 2.44. The van der Waals surface area contributed by atoms with Crippen LogP contribution in [0.1, 0.15) is 34.6 Å². The molecule has 2 unspecified atom stereocenters. The van der Waals surface area contributed by atoms with Crippen molar-refractivity contribution in [1.82, 2.24) is 0 Å². The van der Waals surface area contributed by atoms with Crippen LogP contribution in [0.5, 0.6) is 0 Å². The third kappa shape index (κ3) is 5.80. The van der Waals surface area contributed by atoms with Gasteiger partial charge in [0.2, 0.25) is 0 Å². The first kappa shape index (κ1) is 19.9. The molecular formula is C15H22O9. The molecule has 1 heterocycles. The molecule has 0 N–H and O–H groups in total. The van der Waals surface area contributed by atoms with Gasteiger partial charge in [-0.05, 0) is 6.92 Å². The molecule has 0 aromatic heterocycles. The van der Waals surface area contributed by atoms with E-state index in [-0.39, 0.29) is 6.61 Å². The average Bonchev–Trinajstić information content (AvgIpc) is 2.42. The van der Waals surface area contributed by atoms with Crippen molar-refractivity contribution in [3.05, 3.63) is 0 Å². The predicted octanol–water partition coefficient (Wildman–Crippen LogP) is 0.132. The van der Waals surface area contributed by atoms with Gasteiger partial charge in [-0.2, -0.15) is 0 Å². The lowest BCUT2D eigenvalue weighted by atomic mass is 9.95. The van der Waals surface area contributed by atoms with Crippen molar-refractivity contribution in [3.8, 4) is 0 Å². The third-order valence-corrected chi connectivity index (χ3v) is 3.22. The number of hydrogen-bond acceptors (Lipinski definition) is 9. The van der Waals surface area contributed by atoms with Crippen molar-refractivity contribution in [2.45, 2.75) is 65.1 Å². The summed E-state index contributed by atoms with van der Waals surface area (Å²) < 4.78 is 26.1. The Morgan fingerprint density at radius 1 is 0.750 bits per heavy atom. The Balaban J connectivity index is 3.11. The summed E-state index contributed by atoms with van der Waals surface area (Å²) in [6.45, 7) is 6.17. The Morgan fingerprint density at radius 2 is 1.21 bits per heavy atom. The van der Waals surface area contributed by atoms with E-state index in [2.05, 4.69) is 0 Å². The molecular weight excluding hydrogens is 324 g/mol.